The lowest BCUT2D eigenvalue weighted by Crippen LogP contribution is -2.14. The van der Waals surface area contributed by atoms with E-state index in [1.54, 1.807) is 18.3 Å². The number of nitrogens with zero attached hydrogens (tertiary/aromatic N) is 3. The predicted molar refractivity (Wildman–Crippen MR) is 69.1 cm³/mol. The Morgan fingerprint density at radius 2 is 2.37 bits per heavy atom. The smallest absolute Gasteiger partial charge is 0.295 e. The van der Waals surface area contributed by atoms with Crippen molar-refractivity contribution in [1.29, 1.82) is 0 Å². The van der Waals surface area contributed by atoms with Gasteiger partial charge in [-0.25, -0.2) is 9.97 Å². The minimum Gasteiger partial charge on any atom is -0.480 e. The zero-order valence-corrected chi connectivity index (χ0v) is 10.8. The molecule has 0 aliphatic rings. The van der Waals surface area contributed by atoms with Gasteiger partial charge in [0.25, 0.3) is 5.91 Å². The molecule has 1 amide bonds. The first kappa shape index (κ1) is 13.0. The van der Waals surface area contributed by atoms with Crippen molar-refractivity contribution < 1.29 is 9.53 Å². The molecule has 2 N–H and O–H groups in total. The zero-order chi connectivity index (χ0) is 13.7. The van der Waals surface area contributed by atoms with E-state index in [-0.39, 0.29) is 5.82 Å². The molecule has 100 valence electrons. The van der Waals surface area contributed by atoms with Crippen LogP contribution in [0.2, 0.25) is 0 Å². The quantitative estimate of drug-likeness (QED) is 0.849. The molecule has 2 rings (SSSR count). The van der Waals surface area contributed by atoms with Crippen molar-refractivity contribution in [2.24, 2.45) is 0 Å². The van der Waals surface area contributed by atoms with E-state index in [0.29, 0.717) is 17.4 Å². The maximum absolute atomic E-state index is 12.0. The highest BCUT2D eigenvalue weighted by molar-refractivity contribution is 6.02. The van der Waals surface area contributed by atoms with Crippen LogP contribution in [-0.4, -0.2) is 33.2 Å². The van der Waals surface area contributed by atoms with Crippen LogP contribution in [0.5, 0.6) is 5.88 Å². The van der Waals surface area contributed by atoms with Crippen LogP contribution in [0.15, 0.2) is 18.3 Å². The molecule has 2 heterocycles. The summed E-state index contributed by atoms with van der Waals surface area (Å²) in [7, 11) is 1.49. The monoisotopic (exact) mass is 261 g/mol. The highest BCUT2D eigenvalue weighted by atomic mass is 16.5. The molecular weight excluding hydrogens is 246 g/mol. The van der Waals surface area contributed by atoms with Crippen LogP contribution in [0.3, 0.4) is 0 Å². The predicted octanol–water partition coefficient (Wildman–Crippen LogP) is 1.41. The standard InChI is InChI=1S/C12H15N5O2/c1-3-5-9-15-10(17-16-9)11(18)14-8-6-4-7-13-12(8)19-2/h4,6-7H,3,5H2,1-2H3,(H,14,18)(H,15,16,17). The Bertz CT molecular complexity index is 567. The van der Waals surface area contributed by atoms with Crippen LogP contribution in [0.4, 0.5) is 5.69 Å². The van der Waals surface area contributed by atoms with E-state index in [2.05, 4.69) is 25.5 Å². The maximum atomic E-state index is 12.0. The molecule has 2 aromatic heterocycles. The summed E-state index contributed by atoms with van der Waals surface area (Å²) in [6, 6.07) is 3.40. The molecule has 0 aliphatic carbocycles. The van der Waals surface area contributed by atoms with E-state index in [1.165, 1.54) is 7.11 Å². The second kappa shape index (κ2) is 5.94. The van der Waals surface area contributed by atoms with Crippen LogP contribution in [0.1, 0.15) is 29.8 Å². The minimum atomic E-state index is -0.398. The second-order valence-corrected chi connectivity index (χ2v) is 3.87. The average Bonchev–Trinajstić information content (AvgIpc) is 2.88. The van der Waals surface area contributed by atoms with Crippen molar-refractivity contribution in [3.63, 3.8) is 0 Å². The summed E-state index contributed by atoms with van der Waals surface area (Å²) in [5.41, 5.74) is 0.483. The topological polar surface area (TPSA) is 92.8 Å². The van der Waals surface area contributed by atoms with Crippen LogP contribution in [0, 0.1) is 0 Å². The Kier molecular flexibility index (Phi) is 4.07. The van der Waals surface area contributed by atoms with Crippen molar-refractivity contribution >= 4 is 11.6 Å². The summed E-state index contributed by atoms with van der Waals surface area (Å²) < 4.78 is 5.05. The average molecular weight is 261 g/mol. The van der Waals surface area contributed by atoms with E-state index in [0.717, 1.165) is 12.8 Å². The largest absolute Gasteiger partial charge is 0.480 e. The number of carbonyl (C=O) groups excluding carboxylic acids is 1. The number of H-pyrrole nitrogens is 1. The summed E-state index contributed by atoms with van der Waals surface area (Å²) in [5.74, 6) is 0.755. The molecular formula is C12H15N5O2. The molecule has 0 radical (unpaired) electrons. The number of amides is 1. The minimum absolute atomic E-state index is 0.106. The van der Waals surface area contributed by atoms with Gasteiger partial charge in [-0.1, -0.05) is 6.92 Å². The molecule has 7 heteroatoms. The molecule has 0 atom stereocenters. The van der Waals surface area contributed by atoms with Crippen LogP contribution in [-0.2, 0) is 6.42 Å². The molecule has 0 aliphatic heterocycles. The number of anilines is 1. The van der Waals surface area contributed by atoms with Crippen molar-refractivity contribution in [2.45, 2.75) is 19.8 Å². The fourth-order valence-electron chi connectivity index (χ4n) is 1.57. The highest BCUT2D eigenvalue weighted by Gasteiger charge is 2.14. The first-order valence-corrected chi connectivity index (χ1v) is 5.96. The van der Waals surface area contributed by atoms with Gasteiger partial charge < -0.3 is 10.1 Å². The lowest BCUT2D eigenvalue weighted by Gasteiger charge is -2.06. The van der Waals surface area contributed by atoms with E-state index in [4.69, 9.17) is 4.74 Å². The SMILES string of the molecule is CCCc1nc(C(=O)Nc2cccnc2OC)n[nH]1. The molecule has 0 aromatic carbocycles. The number of rotatable bonds is 5. The van der Waals surface area contributed by atoms with Crippen molar-refractivity contribution in [2.75, 3.05) is 12.4 Å². The highest BCUT2D eigenvalue weighted by Crippen LogP contribution is 2.20. The van der Waals surface area contributed by atoms with Crippen molar-refractivity contribution in [3.05, 3.63) is 30.0 Å². The van der Waals surface area contributed by atoms with Gasteiger partial charge in [0.1, 0.15) is 11.5 Å². The normalized spacial score (nSPS) is 10.2. The Hall–Kier alpha value is -2.44. The second-order valence-electron chi connectivity index (χ2n) is 3.87. The fraction of sp³-hybridized carbons (Fsp3) is 0.333. The first-order valence-electron chi connectivity index (χ1n) is 5.96. The van der Waals surface area contributed by atoms with Gasteiger partial charge in [0, 0.05) is 12.6 Å². The fourth-order valence-corrected chi connectivity index (χ4v) is 1.57. The number of methoxy groups -OCH3 is 1. The first-order chi connectivity index (χ1) is 9.24. The van der Waals surface area contributed by atoms with Gasteiger partial charge in [0.15, 0.2) is 0 Å². The lowest BCUT2D eigenvalue weighted by molar-refractivity contribution is 0.101. The third-order valence-electron chi connectivity index (χ3n) is 2.43. The van der Waals surface area contributed by atoms with Gasteiger partial charge >= 0.3 is 0 Å². The molecule has 0 unspecified atom stereocenters. The number of aryl methyl sites for hydroxylation is 1. The van der Waals surface area contributed by atoms with Crippen LogP contribution in [0.25, 0.3) is 0 Å². The summed E-state index contributed by atoms with van der Waals surface area (Å²) in [6.45, 7) is 2.03. The summed E-state index contributed by atoms with van der Waals surface area (Å²) in [5, 5.41) is 9.27. The summed E-state index contributed by atoms with van der Waals surface area (Å²) in [4.78, 5) is 20.1. The van der Waals surface area contributed by atoms with Crippen molar-refractivity contribution in [3.8, 4) is 5.88 Å². The number of aromatic nitrogens is 4. The number of pyridine rings is 1. The number of hydrogen-bond acceptors (Lipinski definition) is 5. The Morgan fingerprint density at radius 3 is 3.11 bits per heavy atom. The summed E-state index contributed by atoms with van der Waals surface area (Å²) in [6.07, 6.45) is 3.28. The Morgan fingerprint density at radius 1 is 1.53 bits per heavy atom. The lowest BCUT2D eigenvalue weighted by atomic mass is 10.3. The Balaban J connectivity index is 2.11. The number of ether oxygens (including phenoxy) is 1. The third kappa shape index (κ3) is 3.06. The molecule has 19 heavy (non-hydrogen) atoms. The number of aromatic amines is 1. The molecule has 0 saturated heterocycles. The van der Waals surface area contributed by atoms with Gasteiger partial charge in [0.2, 0.25) is 11.7 Å². The molecule has 0 saturated carbocycles. The number of nitrogens with one attached hydrogen (secondary N) is 2. The third-order valence-corrected chi connectivity index (χ3v) is 2.43. The molecule has 0 bridgehead atoms. The molecule has 7 nitrogen and oxygen atoms in total. The molecule has 2 aromatic rings. The van der Waals surface area contributed by atoms with Gasteiger partial charge in [-0.15, -0.1) is 5.10 Å². The zero-order valence-electron chi connectivity index (χ0n) is 10.8. The molecule has 0 fully saturated rings. The van der Waals surface area contributed by atoms with Crippen LogP contribution >= 0.6 is 0 Å². The number of hydrogen-bond donors (Lipinski definition) is 2. The van der Waals surface area contributed by atoms with Gasteiger partial charge in [-0.3, -0.25) is 9.89 Å². The summed E-state index contributed by atoms with van der Waals surface area (Å²) >= 11 is 0. The van der Waals surface area contributed by atoms with Crippen LogP contribution < -0.4 is 10.1 Å². The van der Waals surface area contributed by atoms with Crippen molar-refractivity contribution in [1.82, 2.24) is 20.2 Å². The maximum Gasteiger partial charge on any atom is 0.295 e. The van der Waals surface area contributed by atoms with Gasteiger partial charge in [-0.2, -0.15) is 0 Å². The van der Waals surface area contributed by atoms with E-state index >= 15 is 0 Å². The number of carbonyl (C=O) groups is 1. The van der Waals surface area contributed by atoms with E-state index < -0.39 is 5.91 Å². The molecule has 0 spiro atoms. The van der Waals surface area contributed by atoms with Gasteiger partial charge in [0.05, 0.1) is 7.11 Å². The van der Waals surface area contributed by atoms with E-state index in [9.17, 15) is 4.79 Å². The van der Waals surface area contributed by atoms with Gasteiger partial charge in [-0.05, 0) is 18.6 Å². The van der Waals surface area contributed by atoms with E-state index in [1.807, 2.05) is 6.92 Å². The Labute approximate surface area is 110 Å².